The van der Waals surface area contributed by atoms with Crippen molar-refractivity contribution in [2.45, 2.75) is 25.5 Å². The maximum Gasteiger partial charge on any atom is 0.146 e. The number of para-hydroxylation sites is 1. The fourth-order valence-electron chi connectivity index (χ4n) is 2.37. The van der Waals surface area contributed by atoms with Crippen LogP contribution in [0.2, 0.25) is 0 Å². The molecule has 1 aliphatic heterocycles. The van der Waals surface area contributed by atoms with Gasteiger partial charge in [0.2, 0.25) is 0 Å². The summed E-state index contributed by atoms with van der Waals surface area (Å²) < 4.78 is 7.37. The summed E-state index contributed by atoms with van der Waals surface area (Å²) in [6.07, 6.45) is 1.36. The lowest BCUT2D eigenvalue weighted by molar-refractivity contribution is 0.135. The Kier molecular flexibility index (Phi) is 2.11. The molecule has 1 N–H and O–H groups in total. The van der Waals surface area contributed by atoms with E-state index in [1.807, 2.05) is 18.2 Å². The van der Waals surface area contributed by atoms with Gasteiger partial charge in [0.15, 0.2) is 0 Å². The number of benzene rings is 1. The lowest BCUT2D eigenvalue weighted by Gasteiger charge is -2.19. The van der Waals surface area contributed by atoms with Crippen molar-refractivity contribution >= 4 is 11.0 Å². The Labute approximate surface area is 93.5 Å². The Bertz CT molecular complexity index is 533. The van der Waals surface area contributed by atoms with E-state index in [1.165, 1.54) is 0 Å². The first kappa shape index (κ1) is 9.66. The zero-order valence-corrected chi connectivity index (χ0v) is 9.18. The molecule has 1 aromatic heterocycles. The van der Waals surface area contributed by atoms with Gasteiger partial charge in [-0.05, 0) is 25.0 Å². The summed E-state index contributed by atoms with van der Waals surface area (Å²) in [5, 5.41) is 9.90. The molecule has 0 radical (unpaired) electrons. The van der Waals surface area contributed by atoms with Gasteiger partial charge >= 0.3 is 0 Å². The lowest BCUT2D eigenvalue weighted by Crippen LogP contribution is -2.15. The van der Waals surface area contributed by atoms with E-state index in [-0.39, 0.29) is 0 Å². The molecular formula is C12H14N2O2. The second-order valence-electron chi connectivity index (χ2n) is 4.11. The summed E-state index contributed by atoms with van der Waals surface area (Å²) in [4.78, 5) is 4.49. The first-order chi connectivity index (χ1) is 7.81. The molecule has 2 heterocycles. The number of nitrogens with zero attached hydrogens (tertiary/aromatic N) is 2. The first-order valence-electron chi connectivity index (χ1n) is 5.52. The van der Waals surface area contributed by atoms with Crippen molar-refractivity contribution < 1.29 is 9.84 Å². The third-order valence-corrected chi connectivity index (χ3v) is 3.15. The lowest BCUT2D eigenvalue weighted by atomic mass is 10.1. The first-order valence-corrected chi connectivity index (χ1v) is 5.52. The topological polar surface area (TPSA) is 47.3 Å². The van der Waals surface area contributed by atoms with Crippen LogP contribution in [0.25, 0.3) is 11.0 Å². The van der Waals surface area contributed by atoms with Crippen molar-refractivity contribution in [2.24, 2.45) is 0 Å². The van der Waals surface area contributed by atoms with Gasteiger partial charge < -0.3 is 14.4 Å². The van der Waals surface area contributed by atoms with Gasteiger partial charge in [0.05, 0.1) is 12.6 Å². The van der Waals surface area contributed by atoms with Crippen LogP contribution >= 0.6 is 0 Å². The number of fused-ring (bicyclic) bond motifs is 3. The molecule has 1 aromatic carbocycles. The van der Waals surface area contributed by atoms with E-state index in [4.69, 9.17) is 4.74 Å². The second kappa shape index (κ2) is 3.49. The number of methoxy groups -OCH3 is 1. The number of imidazole rings is 1. The van der Waals surface area contributed by atoms with Crippen LogP contribution in [0.3, 0.4) is 0 Å². The van der Waals surface area contributed by atoms with E-state index in [2.05, 4.69) is 9.55 Å². The molecule has 84 valence electrons. The maximum absolute atomic E-state index is 9.90. The average Bonchev–Trinajstić information content (AvgIpc) is 2.69. The molecule has 0 fully saturated rings. The molecule has 16 heavy (non-hydrogen) atoms. The largest absolute Gasteiger partial charge is 0.494 e. The van der Waals surface area contributed by atoms with E-state index in [1.54, 1.807) is 7.11 Å². The predicted octanol–water partition coefficient (Wildman–Crippen LogP) is 1.87. The van der Waals surface area contributed by atoms with Gasteiger partial charge in [-0.3, -0.25) is 0 Å². The van der Waals surface area contributed by atoms with Gasteiger partial charge in [-0.2, -0.15) is 0 Å². The minimum atomic E-state index is -0.439. The Morgan fingerprint density at radius 2 is 2.38 bits per heavy atom. The third kappa shape index (κ3) is 1.23. The molecule has 0 spiro atoms. The minimum absolute atomic E-state index is 0.439. The number of hydrogen-bond acceptors (Lipinski definition) is 3. The molecule has 0 bridgehead atoms. The van der Waals surface area contributed by atoms with Crippen molar-refractivity contribution in [3.63, 3.8) is 0 Å². The van der Waals surface area contributed by atoms with Crippen molar-refractivity contribution in [1.29, 1.82) is 0 Å². The standard InChI is InChI=1S/C12H14N2O2/c1-16-10-6-2-4-8-11(10)13-12-9(15)5-3-7-14(8)12/h2,4,6,9,15H,3,5,7H2,1H3. The van der Waals surface area contributed by atoms with Crippen molar-refractivity contribution in [3.05, 3.63) is 24.0 Å². The van der Waals surface area contributed by atoms with Crippen LogP contribution in [0.15, 0.2) is 18.2 Å². The zero-order chi connectivity index (χ0) is 11.1. The van der Waals surface area contributed by atoms with Crippen LogP contribution in [-0.4, -0.2) is 21.8 Å². The minimum Gasteiger partial charge on any atom is -0.494 e. The number of aromatic nitrogens is 2. The SMILES string of the molecule is COc1cccc2c1nc1n2CCCC1O. The van der Waals surface area contributed by atoms with Crippen molar-refractivity contribution in [1.82, 2.24) is 9.55 Å². The number of hydrogen-bond donors (Lipinski definition) is 1. The fraction of sp³-hybridized carbons (Fsp3) is 0.417. The van der Waals surface area contributed by atoms with Crippen molar-refractivity contribution in [3.8, 4) is 5.75 Å². The Morgan fingerprint density at radius 3 is 3.19 bits per heavy atom. The Morgan fingerprint density at radius 1 is 1.50 bits per heavy atom. The second-order valence-corrected chi connectivity index (χ2v) is 4.11. The highest BCUT2D eigenvalue weighted by molar-refractivity contribution is 5.82. The average molecular weight is 218 g/mol. The normalized spacial score (nSPS) is 19.8. The maximum atomic E-state index is 9.90. The number of aliphatic hydroxyl groups is 1. The molecule has 3 rings (SSSR count). The van der Waals surface area contributed by atoms with Gasteiger partial charge in [-0.1, -0.05) is 6.07 Å². The highest BCUT2D eigenvalue weighted by Crippen LogP contribution is 2.32. The van der Waals surface area contributed by atoms with Crippen LogP contribution in [0, 0.1) is 0 Å². The molecule has 0 amide bonds. The van der Waals surface area contributed by atoms with E-state index in [9.17, 15) is 5.11 Å². The molecule has 2 aromatic rings. The van der Waals surface area contributed by atoms with Crippen LogP contribution in [0.4, 0.5) is 0 Å². The smallest absolute Gasteiger partial charge is 0.146 e. The van der Waals surface area contributed by atoms with Gasteiger partial charge in [0.25, 0.3) is 0 Å². The molecule has 0 saturated heterocycles. The van der Waals surface area contributed by atoms with E-state index < -0.39 is 6.10 Å². The number of aryl methyl sites for hydroxylation is 1. The van der Waals surface area contributed by atoms with Crippen molar-refractivity contribution in [2.75, 3.05) is 7.11 Å². The van der Waals surface area contributed by atoms with E-state index in [0.717, 1.165) is 42.0 Å². The molecule has 4 nitrogen and oxygen atoms in total. The summed E-state index contributed by atoms with van der Waals surface area (Å²) in [5.41, 5.74) is 1.90. The van der Waals surface area contributed by atoms with Crippen LogP contribution in [-0.2, 0) is 6.54 Å². The van der Waals surface area contributed by atoms with Gasteiger partial charge in [-0.25, -0.2) is 4.98 Å². The molecule has 1 unspecified atom stereocenters. The van der Waals surface area contributed by atoms with E-state index in [0.29, 0.717) is 0 Å². The summed E-state index contributed by atoms with van der Waals surface area (Å²) in [7, 11) is 1.64. The predicted molar refractivity (Wildman–Crippen MR) is 60.5 cm³/mol. The third-order valence-electron chi connectivity index (χ3n) is 3.15. The van der Waals surface area contributed by atoms with Gasteiger partial charge in [0, 0.05) is 6.54 Å². The number of rotatable bonds is 1. The Balaban J connectivity index is 2.31. The molecule has 0 saturated carbocycles. The van der Waals surface area contributed by atoms with Crippen LogP contribution in [0.5, 0.6) is 5.75 Å². The molecule has 0 aliphatic carbocycles. The summed E-state index contributed by atoms with van der Waals surface area (Å²) in [6.45, 7) is 0.927. The monoisotopic (exact) mass is 218 g/mol. The zero-order valence-electron chi connectivity index (χ0n) is 9.18. The number of ether oxygens (including phenoxy) is 1. The fourth-order valence-corrected chi connectivity index (χ4v) is 2.37. The summed E-state index contributed by atoms with van der Waals surface area (Å²) in [6, 6.07) is 5.87. The highest BCUT2D eigenvalue weighted by atomic mass is 16.5. The quantitative estimate of drug-likeness (QED) is 0.794. The summed E-state index contributed by atoms with van der Waals surface area (Å²) >= 11 is 0. The summed E-state index contributed by atoms with van der Waals surface area (Å²) in [5.74, 6) is 1.54. The van der Waals surface area contributed by atoms with Gasteiger partial charge in [0.1, 0.15) is 23.2 Å². The van der Waals surface area contributed by atoms with Crippen LogP contribution < -0.4 is 4.74 Å². The van der Waals surface area contributed by atoms with Crippen LogP contribution in [0.1, 0.15) is 24.8 Å². The van der Waals surface area contributed by atoms with E-state index >= 15 is 0 Å². The molecule has 4 heteroatoms. The highest BCUT2D eigenvalue weighted by Gasteiger charge is 2.23. The molecule has 1 aliphatic rings. The molecular weight excluding hydrogens is 204 g/mol. The Hall–Kier alpha value is -1.55. The number of aliphatic hydroxyl groups excluding tert-OH is 1. The molecule has 1 atom stereocenters. The van der Waals surface area contributed by atoms with Gasteiger partial charge in [-0.15, -0.1) is 0 Å².